The summed E-state index contributed by atoms with van der Waals surface area (Å²) in [5.74, 6) is 1.14. The zero-order valence-electron chi connectivity index (χ0n) is 20.1. The highest BCUT2D eigenvalue weighted by molar-refractivity contribution is 9.10. The van der Waals surface area contributed by atoms with Crippen LogP contribution in [0.25, 0.3) is 11.0 Å². The molecule has 184 valence electrons. The van der Waals surface area contributed by atoms with Crippen LogP contribution in [-0.2, 0) is 0 Å². The zero-order chi connectivity index (χ0) is 25.2. The maximum absolute atomic E-state index is 13.7. The van der Waals surface area contributed by atoms with E-state index < -0.39 is 6.04 Å². The van der Waals surface area contributed by atoms with Gasteiger partial charge in [0.25, 0.3) is 5.91 Å². The average Bonchev–Trinajstić information content (AvgIpc) is 3.20. The standard InChI is InChI=1S/C29H26BrNO5/c1-3-4-5-16-35-22-11-6-18(7-12-22)26-25-27(32)23-17-19(30)8-15-24(23)36-28(25)29(33)31(26)20-9-13-21(34-2)14-10-20/h6-15,17,26H,3-5,16H2,1-2H3. The largest absolute Gasteiger partial charge is 0.497 e. The fourth-order valence-corrected chi connectivity index (χ4v) is 4.92. The number of ether oxygens (including phenoxy) is 2. The van der Waals surface area contributed by atoms with Crippen LogP contribution in [-0.4, -0.2) is 19.6 Å². The number of halogens is 1. The first-order valence-corrected chi connectivity index (χ1v) is 12.8. The molecule has 4 aromatic rings. The Morgan fingerprint density at radius 3 is 2.36 bits per heavy atom. The van der Waals surface area contributed by atoms with Crippen LogP contribution in [0.3, 0.4) is 0 Å². The monoisotopic (exact) mass is 547 g/mol. The summed E-state index contributed by atoms with van der Waals surface area (Å²) in [5.41, 5.74) is 1.92. The second kappa shape index (κ2) is 10.2. The van der Waals surface area contributed by atoms with Gasteiger partial charge in [-0.3, -0.25) is 14.5 Å². The van der Waals surface area contributed by atoms with Gasteiger partial charge < -0.3 is 13.9 Å². The molecular formula is C29H26BrNO5. The van der Waals surface area contributed by atoms with Gasteiger partial charge in [0.05, 0.1) is 30.7 Å². The molecule has 0 saturated carbocycles. The van der Waals surface area contributed by atoms with Crippen molar-refractivity contribution in [1.29, 1.82) is 0 Å². The van der Waals surface area contributed by atoms with Crippen LogP contribution in [0.1, 0.15) is 53.9 Å². The molecule has 0 spiro atoms. The van der Waals surface area contributed by atoms with E-state index in [0.717, 1.165) is 35.0 Å². The van der Waals surface area contributed by atoms with Gasteiger partial charge in [-0.1, -0.05) is 47.8 Å². The number of carbonyl (C=O) groups excluding carboxylic acids is 1. The van der Waals surface area contributed by atoms with Gasteiger partial charge in [-0.15, -0.1) is 0 Å². The van der Waals surface area contributed by atoms with Gasteiger partial charge in [-0.25, -0.2) is 0 Å². The number of amides is 1. The number of hydrogen-bond donors (Lipinski definition) is 0. The predicted molar refractivity (Wildman–Crippen MR) is 143 cm³/mol. The molecule has 0 fully saturated rings. The van der Waals surface area contributed by atoms with Crippen molar-refractivity contribution in [2.24, 2.45) is 0 Å². The van der Waals surface area contributed by atoms with E-state index in [0.29, 0.717) is 34.6 Å². The minimum absolute atomic E-state index is 0.0653. The van der Waals surface area contributed by atoms with Crippen LogP contribution >= 0.6 is 15.9 Å². The maximum atomic E-state index is 13.7. The second-order valence-corrected chi connectivity index (χ2v) is 9.63. The lowest BCUT2D eigenvalue weighted by molar-refractivity contribution is 0.0971. The third-order valence-corrected chi connectivity index (χ3v) is 6.89. The van der Waals surface area contributed by atoms with Crippen molar-refractivity contribution in [2.45, 2.75) is 32.2 Å². The Morgan fingerprint density at radius 2 is 1.67 bits per heavy atom. The van der Waals surface area contributed by atoms with Crippen molar-refractivity contribution in [3.63, 3.8) is 0 Å². The summed E-state index contributed by atoms with van der Waals surface area (Å²) < 4.78 is 18.0. The van der Waals surface area contributed by atoms with E-state index in [1.54, 1.807) is 42.3 Å². The van der Waals surface area contributed by atoms with Crippen molar-refractivity contribution >= 4 is 38.5 Å². The van der Waals surface area contributed by atoms with Gasteiger partial charge in [-0.05, 0) is 66.6 Å². The lowest BCUT2D eigenvalue weighted by Gasteiger charge is -2.25. The molecule has 1 atom stereocenters. The SMILES string of the molecule is CCCCCOc1ccc(C2c3c(oc4ccc(Br)cc4c3=O)C(=O)N2c2ccc(OC)cc2)cc1. The second-order valence-electron chi connectivity index (χ2n) is 8.71. The number of benzene rings is 3. The highest BCUT2D eigenvalue weighted by Gasteiger charge is 2.43. The smallest absolute Gasteiger partial charge is 0.295 e. The van der Waals surface area contributed by atoms with Crippen molar-refractivity contribution in [3.8, 4) is 11.5 Å². The molecule has 0 saturated heterocycles. The molecule has 36 heavy (non-hydrogen) atoms. The van der Waals surface area contributed by atoms with Gasteiger partial charge in [0.2, 0.25) is 5.76 Å². The van der Waals surface area contributed by atoms with E-state index in [4.69, 9.17) is 13.9 Å². The Bertz CT molecular complexity index is 1460. The van der Waals surface area contributed by atoms with Crippen molar-refractivity contribution in [2.75, 3.05) is 18.6 Å². The van der Waals surface area contributed by atoms with Crippen LogP contribution in [0.2, 0.25) is 0 Å². The van der Waals surface area contributed by atoms with Crippen LogP contribution in [0.15, 0.2) is 80.4 Å². The van der Waals surface area contributed by atoms with Gasteiger partial charge in [0.1, 0.15) is 17.1 Å². The molecule has 2 heterocycles. The van der Waals surface area contributed by atoms with E-state index in [2.05, 4.69) is 22.9 Å². The van der Waals surface area contributed by atoms with E-state index in [9.17, 15) is 9.59 Å². The van der Waals surface area contributed by atoms with Gasteiger partial charge in [-0.2, -0.15) is 0 Å². The molecule has 0 aliphatic carbocycles. The minimum Gasteiger partial charge on any atom is -0.497 e. The molecule has 6 nitrogen and oxygen atoms in total. The first kappa shape index (κ1) is 24.1. The summed E-state index contributed by atoms with van der Waals surface area (Å²) in [6.45, 7) is 2.81. The van der Waals surface area contributed by atoms with E-state index in [1.165, 1.54) is 0 Å². The number of fused-ring (bicyclic) bond motifs is 2. The quantitative estimate of drug-likeness (QED) is 0.225. The number of unbranched alkanes of at least 4 members (excludes halogenated alkanes) is 2. The third kappa shape index (κ3) is 4.39. The molecule has 1 amide bonds. The average molecular weight is 548 g/mol. The number of anilines is 1. The topological polar surface area (TPSA) is 69.0 Å². The summed E-state index contributed by atoms with van der Waals surface area (Å²) in [6.07, 6.45) is 3.25. The Labute approximate surface area is 217 Å². The highest BCUT2D eigenvalue weighted by Crippen LogP contribution is 2.42. The van der Waals surface area contributed by atoms with E-state index in [1.807, 2.05) is 36.4 Å². The summed E-state index contributed by atoms with van der Waals surface area (Å²) in [7, 11) is 1.59. The van der Waals surface area contributed by atoms with Crippen LogP contribution in [0.5, 0.6) is 11.5 Å². The Morgan fingerprint density at radius 1 is 0.944 bits per heavy atom. The minimum atomic E-state index is -0.644. The number of rotatable bonds is 8. The Hall–Kier alpha value is -3.58. The first-order valence-electron chi connectivity index (χ1n) is 12.0. The molecular weight excluding hydrogens is 522 g/mol. The molecule has 0 N–H and O–H groups in total. The molecule has 0 bridgehead atoms. The lowest BCUT2D eigenvalue weighted by atomic mass is 9.98. The zero-order valence-corrected chi connectivity index (χ0v) is 21.7. The van der Waals surface area contributed by atoms with Crippen LogP contribution < -0.4 is 19.8 Å². The molecule has 0 radical (unpaired) electrons. The molecule has 1 aliphatic rings. The van der Waals surface area contributed by atoms with Crippen molar-refractivity contribution < 1.29 is 18.7 Å². The highest BCUT2D eigenvalue weighted by atomic mass is 79.9. The summed E-state index contributed by atoms with van der Waals surface area (Å²) in [6, 6.07) is 19.3. The fourth-order valence-electron chi connectivity index (χ4n) is 4.56. The number of hydrogen-bond acceptors (Lipinski definition) is 5. The lowest BCUT2D eigenvalue weighted by Crippen LogP contribution is -2.29. The summed E-state index contributed by atoms with van der Waals surface area (Å²) in [4.78, 5) is 29.1. The van der Waals surface area contributed by atoms with E-state index in [-0.39, 0.29) is 17.1 Å². The first-order chi connectivity index (χ1) is 17.5. The predicted octanol–water partition coefficient (Wildman–Crippen LogP) is 6.88. The molecule has 1 aliphatic heterocycles. The van der Waals surface area contributed by atoms with Gasteiger partial charge >= 0.3 is 0 Å². The fraction of sp³-hybridized carbons (Fsp3) is 0.241. The van der Waals surface area contributed by atoms with Crippen molar-refractivity contribution in [3.05, 3.63) is 98.3 Å². The third-order valence-electron chi connectivity index (χ3n) is 6.40. The molecule has 5 rings (SSSR count). The Kier molecular flexibility index (Phi) is 6.83. The molecule has 1 unspecified atom stereocenters. The molecule has 7 heteroatoms. The normalized spacial score (nSPS) is 14.8. The summed E-state index contributed by atoms with van der Waals surface area (Å²) in [5, 5.41) is 0.424. The van der Waals surface area contributed by atoms with Crippen LogP contribution in [0.4, 0.5) is 5.69 Å². The number of methoxy groups -OCH3 is 1. The Balaban J connectivity index is 1.61. The van der Waals surface area contributed by atoms with Gasteiger partial charge in [0.15, 0.2) is 5.43 Å². The molecule has 3 aromatic carbocycles. The van der Waals surface area contributed by atoms with E-state index >= 15 is 0 Å². The number of nitrogens with zero attached hydrogens (tertiary/aromatic N) is 1. The van der Waals surface area contributed by atoms with Crippen molar-refractivity contribution in [1.82, 2.24) is 0 Å². The van der Waals surface area contributed by atoms with Crippen LogP contribution in [0, 0.1) is 0 Å². The summed E-state index contributed by atoms with van der Waals surface area (Å²) >= 11 is 3.44. The number of carbonyl (C=O) groups is 1. The van der Waals surface area contributed by atoms with Gasteiger partial charge in [0, 0.05) is 10.2 Å². The maximum Gasteiger partial charge on any atom is 0.295 e. The molecule has 1 aromatic heterocycles.